The fraction of sp³-hybridized carbons (Fsp3) is 0.0833. The lowest BCUT2D eigenvalue weighted by molar-refractivity contribution is -0.148. The van der Waals surface area contributed by atoms with E-state index in [2.05, 4.69) is 15.3 Å². The zero-order chi connectivity index (χ0) is 20.9. The number of amides is 1. The number of benzene rings is 2. The van der Waals surface area contributed by atoms with Crippen LogP contribution in [0.4, 0.5) is 5.69 Å². The molecule has 0 saturated carbocycles. The molecule has 0 aliphatic rings. The molecule has 1 amide bonds. The summed E-state index contributed by atoms with van der Waals surface area (Å²) in [6, 6.07) is 18.6. The molecule has 4 aromatic rings. The van der Waals surface area contributed by atoms with Gasteiger partial charge in [0, 0.05) is 34.8 Å². The van der Waals surface area contributed by atoms with Gasteiger partial charge in [-0.2, -0.15) is 0 Å². The normalized spacial score (nSPS) is 12.2. The Morgan fingerprint density at radius 2 is 1.73 bits per heavy atom. The number of pyridine rings is 2. The summed E-state index contributed by atoms with van der Waals surface area (Å²) in [5.41, 5.74) is 2.97. The molecule has 0 fully saturated rings. The lowest BCUT2D eigenvalue weighted by Gasteiger charge is -2.13. The maximum absolute atomic E-state index is 12.5. The average molecular weight is 397 g/mol. The minimum atomic E-state index is -0.959. The lowest BCUT2D eigenvalue weighted by atomic mass is 10.1. The highest BCUT2D eigenvalue weighted by atomic mass is 16.5. The van der Waals surface area contributed by atoms with Crippen molar-refractivity contribution in [2.45, 2.75) is 13.0 Å². The fourth-order valence-electron chi connectivity index (χ4n) is 3.13. The zero-order valence-electron chi connectivity index (χ0n) is 16.3. The predicted octanol–water partition coefficient (Wildman–Crippen LogP) is 4.37. The van der Waals surface area contributed by atoms with Crippen molar-refractivity contribution in [3.05, 3.63) is 84.7 Å². The van der Waals surface area contributed by atoms with Gasteiger partial charge in [-0.05, 0) is 43.3 Å². The molecule has 0 aliphatic carbocycles. The third kappa shape index (κ3) is 4.17. The maximum atomic E-state index is 12.5. The van der Waals surface area contributed by atoms with E-state index in [-0.39, 0.29) is 0 Å². The molecule has 0 bridgehead atoms. The predicted molar refractivity (Wildman–Crippen MR) is 117 cm³/mol. The second-order valence-electron chi connectivity index (χ2n) is 6.70. The first kappa shape index (κ1) is 19.3. The van der Waals surface area contributed by atoms with Crippen molar-refractivity contribution in [3.8, 4) is 0 Å². The Bertz CT molecular complexity index is 1260. The summed E-state index contributed by atoms with van der Waals surface area (Å²) in [7, 11) is 0. The van der Waals surface area contributed by atoms with Gasteiger partial charge in [-0.25, -0.2) is 4.79 Å². The molecule has 0 radical (unpaired) electrons. The summed E-state index contributed by atoms with van der Waals surface area (Å²) in [5.74, 6) is -1.02. The molecule has 1 unspecified atom stereocenters. The zero-order valence-corrected chi connectivity index (χ0v) is 16.3. The Morgan fingerprint density at radius 1 is 0.967 bits per heavy atom. The number of esters is 1. The molecule has 6 heteroatoms. The maximum Gasteiger partial charge on any atom is 0.331 e. The van der Waals surface area contributed by atoms with Crippen molar-refractivity contribution in [3.63, 3.8) is 0 Å². The van der Waals surface area contributed by atoms with Gasteiger partial charge < -0.3 is 10.1 Å². The van der Waals surface area contributed by atoms with Crippen molar-refractivity contribution in [1.82, 2.24) is 9.97 Å². The summed E-state index contributed by atoms with van der Waals surface area (Å²) in [6.07, 6.45) is 5.37. The number of ether oxygens (including phenoxy) is 1. The molecule has 2 heterocycles. The minimum Gasteiger partial charge on any atom is -0.449 e. The first-order valence-corrected chi connectivity index (χ1v) is 9.49. The molecule has 4 rings (SSSR count). The van der Waals surface area contributed by atoms with E-state index in [0.29, 0.717) is 5.69 Å². The largest absolute Gasteiger partial charge is 0.449 e. The first-order valence-electron chi connectivity index (χ1n) is 9.49. The standard InChI is InChI=1S/C24H19N3O3/c1-16(24(29)27-21-11-3-10-20-19(21)9-5-14-25-20)30-22(28)13-12-18-7-2-6-17-8-4-15-26-23(17)18/h2-16H,1H3,(H,27,29)/b13-12+. The van der Waals surface area contributed by atoms with Crippen LogP contribution in [0.3, 0.4) is 0 Å². The average Bonchev–Trinajstić information content (AvgIpc) is 2.78. The fourth-order valence-corrected chi connectivity index (χ4v) is 3.13. The van der Waals surface area contributed by atoms with Crippen LogP contribution in [0, 0.1) is 0 Å². The number of rotatable bonds is 5. The van der Waals surface area contributed by atoms with E-state index < -0.39 is 18.0 Å². The number of aromatic nitrogens is 2. The summed E-state index contributed by atoms with van der Waals surface area (Å²) in [5, 5.41) is 4.59. The van der Waals surface area contributed by atoms with E-state index >= 15 is 0 Å². The Kier molecular flexibility index (Phi) is 5.48. The number of nitrogens with one attached hydrogen (secondary N) is 1. The smallest absolute Gasteiger partial charge is 0.331 e. The Hall–Kier alpha value is -4.06. The molecular weight excluding hydrogens is 378 g/mol. The van der Waals surface area contributed by atoms with Crippen LogP contribution < -0.4 is 5.32 Å². The third-order valence-electron chi connectivity index (χ3n) is 4.63. The van der Waals surface area contributed by atoms with Gasteiger partial charge in [-0.15, -0.1) is 0 Å². The van der Waals surface area contributed by atoms with Gasteiger partial charge in [-0.3, -0.25) is 14.8 Å². The van der Waals surface area contributed by atoms with Crippen LogP contribution in [0.15, 0.2) is 79.1 Å². The highest BCUT2D eigenvalue weighted by Crippen LogP contribution is 2.21. The molecule has 0 spiro atoms. The van der Waals surface area contributed by atoms with E-state index in [4.69, 9.17) is 4.74 Å². The number of carbonyl (C=O) groups is 2. The second-order valence-corrected chi connectivity index (χ2v) is 6.70. The van der Waals surface area contributed by atoms with Crippen LogP contribution in [-0.2, 0) is 14.3 Å². The van der Waals surface area contributed by atoms with Gasteiger partial charge in [0.25, 0.3) is 5.91 Å². The van der Waals surface area contributed by atoms with E-state index in [0.717, 1.165) is 27.4 Å². The number of fused-ring (bicyclic) bond motifs is 2. The van der Waals surface area contributed by atoms with Crippen molar-refractivity contribution in [2.24, 2.45) is 0 Å². The molecule has 0 aliphatic heterocycles. The number of para-hydroxylation sites is 1. The van der Waals surface area contributed by atoms with Crippen molar-refractivity contribution in [1.29, 1.82) is 0 Å². The molecule has 30 heavy (non-hydrogen) atoms. The summed E-state index contributed by atoms with van der Waals surface area (Å²) >= 11 is 0. The number of hydrogen-bond donors (Lipinski definition) is 1. The van der Waals surface area contributed by atoms with Crippen molar-refractivity contribution >= 4 is 45.4 Å². The van der Waals surface area contributed by atoms with E-state index in [9.17, 15) is 9.59 Å². The quantitative estimate of drug-likeness (QED) is 0.400. The van der Waals surface area contributed by atoms with Crippen LogP contribution in [0.1, 0.15) is 12.5 Å². The van der Waals surface area contributed by atoms with Gasteiger partial charge >= 0.3 is 5.97 Å². The van der Waals surface area contributed by atoms with Crippen LogP contribution in [0.25, 0.3) is 27.9 Å². The van der Waals surface area contributed by atoms with Gasteiger partial charge in [0.2, 0.25) is 0 Å². The first-order chi connectivity index (χ1) is 14.6. The SMILES string of the molecule is CC(OC(=O)/C=C/c1cccc2cccnc12)C(=O)Nc1cccc2ncccc12. The number of nitrogens with zero attached hydrogens (tertiary/aromatic N) is 2. The van der Waals surface area contributed by atoms with E-state index in [1.54, 1.807) is 30.6 Å². The van der Waals surface area contributed by atoms with Crippen molar-refractivity contribution in [2.75, 3.05) is 5.32 Å². The Labute approximate surface area is 173 Å². The topological polar surface area (TPSA) is 81.2 Å². The monoisotopic (exact) mass is 397 g/mol. The van der Waals surface area contributed by atoms with Crippen LogP contribution >= 0.6 is 0 Å². The van der Waals surface area contributed by atoms with Gasteiger partial charge in [0.05, 0.1) is 16.7 Å². The van der Waals surface area contributed by atoms with Crippen LogP contribution in [0.2, 0.25) is 0 Å². The molecule has 1 atom stereocenters. The van der Waals surface area contributed by atoms with Crippen LogP contribution in [0.5, 0.6) is 0 Å². The summed E-state index contributed by atoms with van der Waals surface area (Å²) in [6.45, 7) is 1.53. The molecule has 2 aromatic heterocycles. The molecular formula is C24H19N3O3. The second kappa shape index (κ2) is 8.53. The molecule has 6 nitrogen and oxygen atoms in total. The van der Waals surface area contributed by atoms with Gasteiger partial charge in [0.15, 0.2) is 6.10 Å². The van der Waals surface area contributed by atoms with E-state index in [1.807, 2.05) is 48.5 Å². The third-order valence-corrected chi connectivity index (χ3v) is 4.63. The van der Waals surface area contributed by atoms with E-state index in [1.165, 1.54) is 13.0 Å². The van der Waals surface area contributed by atoms with Crippen LogP contribution in [-0.4, -0.2) is 27.9 Å². The number of anilines is 1. The van der Waals surface area contributed by atoms with Gasteiger partial charge in [0.1, 0.15) is 0 Å². The lowest BCUT2D eigenvalue weighted by Crippen LogP contribution is -2.29. The highest BCUT2D eigenvalue weighted by molar-refractivity contribution is 6.03. The highest BCUT2D eigenvalue weighted by Gasteiger charge is 2.17. The minimum absolute atomic E-state index is 0.417. The Morgan fingerprint density at radius 3 is 2.63 bits per heavy atom. The molecule has 1 N–H and O–H groups in total. The summed E-state index contributed by atoms with van der Waals surface area (Å²) < 4.78 is 5.26. The Balaban J connectivity index is 1.42. The molecule has 0 saturated heterocycles. The molecule has 148 valence electrons. The number of hydrogen-bond acceptors (Lipinski definition) is 5. The number of carbonyl (C=O) groups excluding carboxylic acids is 2. The van der Waals surface area contributed by atoms with Gasteiger partial charge in [-0.1, -0.05) is 30.3 Å². The molecule has 2 aromatic carbocycles. The summed E-state index contributed by atoms with van der Waals surface area (Å²) in [4.78, 5) is 33.3. The van der Waals surface area contributed by atoms with Crippen molar-refractivity contribution < 1.29 is 14.3 Å².